The van der Waals surface area contributed by atoms with Crippen molar-refractivity contribution in [3.05, 3.63) is 48.6 Å². The summed E-state index contributed by atoms with van der Waals surface area (Å²) in [6.45, 7) is 8.15. The first-order chi connectivity index (χ1) is 6.61. The highest BCUT2D eigenvalue weighted by Crippen LogP contribution is 2.35. The summed E-state index contributed by atoms with van der Waals surface area (Å²) in [7, 11) is 0. The number of aliphatic hydroxyl groups excluding tert-OH is 1. The van der Waals surface area contributed by atoms with Gasteiger partial charge < -0.3 is 5.11 Å². The van der Waals surface area contributed by atoms with Crippen LogP contribution in [0.15, 0.2) is 43.0 Å². The lowest BCUT2D eigenvalue weighted by molar-refractivity contribution is 0.205. The SMILES string of the molecule is C=CC(C)(C)C(CO)c1ccccc1. The number of aliphatic hydroxyl groups is 1. The predicted molar refractivity (Wildman–Crippen MR) is 60.2 cm³/mol. The van der Waals surface area contributed by atoms with Crippen molar-refractivity contribution in [2.45, 2.75) is 19.8 Å². The van der Waals surface area contributed by atoms with Crippen LogP contribution in [0.1, 0.15) is 25.3 Å². The topological polar surface area (TPSA) is 20.2 Å². The lowest BCUT2D eigenvalue weighted by atomic mass is 9.75. The molecule has 0 aliphatic carbocycles. The Labute approximate surface area is 86.1 Å². The number of allylic oxidation sites excluding steroid dienone is 1. The lowest BCUT2D eigenvalue weighted by Crippen LogP contribution is -2.22. The summed E-state index contributed by atoms with van der Waals surface area (Å²) < 4.78 is 0. The maximum absolute atomic E-state index is 9.40. The van der Waals surface area contributed by atoms with Crippen molar-refractivity contribution in [2.75, 3.05) is 6.61 Å². The molecule has 14 heavy (non-hydrogen) atoms. The van der Waals surface area contributed by atoms with Gasteiger partial charge in [-0.1, -0.05) is 50.3 Å². The van der Waals surface area contributed by atoms with Crippen LogP contribution in [0, 0.1) is 5.41 Å². The molecule has 1 aromatic carbocycles. The Morgan fingerprint density at radius 3 is 2.36 bits per heavy atom. The van der Waals surface area contributed by atoms with Gasteiger partial charge in [-0.15, -0.1) is 6.58 Å². The Balaban J connectivity index is 2.99. The van der Waals surface area contributed by atoms with E-state index in [1.807, 2.05) is 36.4 Å². The minimum absolute atomic E-state index is 0.0733. The molecule has 0 amide bonds. The average molecular weight is 190 g/mol. The zero-order valence-electron chi connectivity index (χ0n) is 8.90. The molecule has 1 N–H and O–H groups in total. The molecule has 0 aliphatic rings. The Morgan fingerprint density at radius 1 is 1.36 bits per heavy atom. The quantitative estimate of drug-likeness (QED) is 0.724. The van der Waals surface area contributed by atoms with E-state index in [2.05, 4.69) is 20.4 Å². The highest BCUT2D eigenvalue weighted by Gasteiger charge is 2.26. The Kier molecular flexibility index (Phi) is 3.48. The van der Waals surface area contributed by atoms with Crippen LogP contribution in [0.4, 0.5) is 0 Å². The number of benzene rings is 1. The van der Waals surface area contributed by atoms with Gasteiger partial charge in [-0.05, 0) is 11.0 Å². The first-order valence-electron chi connectivity index (χ1n) is 4.91. The van der Waals surface area contributed by atoms with Gasteiger partial charge in [-0.3, -0.25) is 0 Å². The third-order valence-corrected chi connectivity index (χ3v) is 2.81. The smallest absolute Gasteiger partial charge is 0.0507 e. The summed E-state index contributed by atoms with van der Waals surface area (Å²) in [5.74, 6) is 0.126. The van der Waals surface area contributed by atoms with Crippen LogP contribution in [-0.2, 0) is 0 Å². The van der Waals surface area contributed by atoms with Gasteiger partial charge in [0.15, 0.2) is 0 Å². The van der Waals surface area contributed by atoms with Crippen molar-refractivity contribution < 1.29 is 5.11 Å². The minimum atomic E-state index is -0.0733. The molecular formula is C13H18O. The highest BCUT2D eigenvalue weighted by atomic mass is 16.3. The molecule has 76 valence electrons. The lowest BCUT2D eigenvalue weighted by Gasteiger charge is -2.30. The number of rotatable bonds is 4. The fourth-order valence-electron chi connectivity index (χ4n) is 1.60. The normalized spacial score (nSPS) is 13.6. The van der Waals surface area contributed by atoms with Crippen LogP contribution in [0.2, 0.25) is 0 Å². The van der Waals surface area contributed by atoms with Crippen LogP contribution in [0.25, 0.3) is 0 Å². The van der Waals surface area contributed by atoms with Crippen LogP contribution in [0.3, 0.4) is 0 Å². The molecule has 0 spiro atoms. The second kappa shape index (κ2) is 4.43. The summed E-state index contributed by atoms with van der Waals surface area (Å²) in [6, 6.07) is 10.1. The first-order valence-corrected chi connectivity index (χ1v) is 4.91. The van der Waals surface area contributed by atoms with E-state index in [1.54, 1.807) is 0 Å². The van der Waals surface area contributed by atoms with Crippen LogP contribution in [0.5, 0.6) is 0 Å². The van der Waals surface area contributed by atoms with E-state index < -0.39 is 0 Å². The summed E-state index contributed by atoms with van der Waals surface area (Å²) >= 11 is 0. The fraction of sp³-hybridized carbons (Fsp3) is 0.385. The minimum Gasteiger partial charge on any atom is -0.396 e. The van der Waals surface area contributed by atoms with Gasteiger partial charge in [0.05, 0.1) is 6.61 Å². The van der Waals surface area contributed by atoms with E-state index in [1.165, 1.54) is 5.56 Å². The van der Waals surface area contributed by atoms with Gasteiger partial charge in [0.25, 0.3) is 0 Å². The monoisotopic (exact) mass is 190 g/mol. The van der Waals surface area contributed by atoms with Gasteiger partial charge in [0, 0.05) is 5.92 Å². The Bertz CT molecular complexity index is 287. The molecule has 0 heterocycles. The Hall–Kier alpha value is -1.08. The number of hydrogen-bond donors (Lipinski definition) is 1. The molecule has 0 aromatic heterocycles. The zero-order chi connectivity index (χ0) is 10.6. The third kappa shape index (κ3) is 2.24. The second-order valence-corrected chi connectivity index (χ2v) is 4.17. The van der Waals surface area contributed by atoms with E-state index in [0.29, 0.717) is 0 Å². The van der Waals surface area contributed by atoms with Crippen LogP contribution in [-0.4, -0.2) is 11.7 Å². The molecular weight excluding hydrogens is 172 g/mol. The average Bonchev–Trinajstić information content (AvgIpc) is 2.20. The van der Waals surface area contributed by atoms with E-state index in [-0.39, 0.29) is 17.9 Å². The maximum atomic E-state index is 9.40. The van der Waals surface area contributed by atoms with Crippen molar-refractivity contribution in [2.24, 2.45) is 5.41 Å². The summed E-state index contributed by atoms with van der Waals surface area (Å²) in [5.41, 5.74) is 1.09. The maximum Gasteiger partial charge on any atom is 0.0507 e. The zero-order valence-corrected chi connectivity index (χ0v) is 8.90. The van der Waals surface area contributed by atoms with Gasteiger partial charge in [-0.2, -0.15) is 0 Å². The molecule has 0 fully saturated rings. The van der Waals surface area contributed by atoms with Crippen molar-refractivity contribution in [1.82, 2.24) is 0 Å². The molecule has 1 rings (SSSR count). The molecule has 1 aromatic rings. The van der Waals surface area contributed by atoms with Crippen molar-refractivity contribution in [3.8, 4) is 0 Å². The largest absolute Gasteiger partial charge is 0.396 e. The molecule has 0 aliphatic heterocycles. The molecule has 0 bridgehead atoms. The van der Waals surface area contributed by atoms with Crippen molar-refractivity contribution in [3.63, 3.8) is 0 Å². The molecule has 0 saturated heterocycles. The highest BCUT2D eigenvalue weighted by molar-refractivity contribution is 5.23. The Morgan fingerprint density at radius 2 is 1.93 bits per heavy atom. The standard InChI is InChI=1S/C13H18O/c1-4-13(2,3)12(10-14)11-8-6-5-7-9-11/h4-9,12,14H,1,10H2,2-3H3. The summed E-state index contributed by atoms with van der Waals surface area (Å²) in [4.78, 5) is 0. The molecule has 1 heteroatoms. The van der Waals surface area contributed by atoms with Crippen LogP contribution < -0.4 is 0 Å². The van der Waals surface area contributed by atoms with E-state index in [0.717, 1.165) is 0 Å². The molecule has 1 unspecified atom stereocenters. The van der Waals surface area contributed by atoms with Gasteiger partial charge in [-0.25, -0.2) is 0 Å². The van der Waals surface area contributed by atoms with Gasteiger partial charge in [0.1, 0.15) is 0 Å². The van der Waals surface area contributed by atoms with Crippen molar-refractivity contribution >= 4 is 0 Å². The molecule has 1 nitrogen and oxygen atoms in total. The van der Waals surface area contributed by atoms with E-state index in [9.17, 15) is 5.11 Å². The molecule has 0 radical (unpaired) electrons. The van der Waals surface area contributed by atoms with Crippen molar-refractivity contribution in [1.29, 1.82) is 0 Å². The van der Waals surface area contributed by atoms with E-state index in [4.69, 9.17) is 0 Å². The summed E-state index contributed by atoms with van der Waals surface area (Å²) in [6.07, 6.45) is 1.90. The third-order valence-electron chi connectivity index (χ3n) is 2.81. The predicted octanol–water partition coefficient (Wildman–Crippen LogP) is 2.97. The van der Waals surface area contributed by atoms with Gasteiger partial charge >= 0.3 is 0 Å². The molecule has 1 atom stereocenters. The van der Waals surface area contributed by atoms with Crippen LogP contribution >= 0.6 is 0 Å². The van der Waals surface area contributed by atoms with E-state index >= 15 is 0 Å². The van der Waals surface area contributed by atoms with Gasteiger partial charge in [0.2, 0.25) is 0 Å². The number of hydrogen-bond acceptors (Lipinski definition) is 1. The fourth-order valence-corrected chi connectivity index (χ4v) is 1.60. The summed E-state index contributed by atoms with van der Waals surface area (Å²) in [5, 5.41) is 9.40. The first kappa shape index (κ1) is 11.0. The second-order valence-electron chi connectivity index (χ2n) is 4.17. The molecule has 0 saturated carbocycles.